The Morgan fingerprint density at radius 1 is 0.763 bits per heavy atom. The molecular formula is C32H36N6. The van der Waals surface area contributed by atoms with Crippen molar-refractivity contribution >= 4 is 0 Å². The van der Waals surface area contributed by atoms with Gasteiger partial charge in [0.15, 0.2) is 0 Å². The van der Waals surface area contributed by atoms with Crippen molar-refractivity contribution in [2.24, 2.45) is 11.8 Å². The Morgan fingerprint density at radius 2 is 1.47 bits per heavy atom. The molecule has 0 bridgehead atoms. The van der Waals surface area contributed by atoms with Crippen molar-refractivity contribution < 1.29 is 0 Å². The zero-order chi connectivity index (χ0) is 25.2. The molecule has 4 N–H and O–H groups in total. The number of hydrogen-bond donors (Lipinski definition) is 4. The molecule has 194 valence electrons. The Bertz CT molecular complexity index is 1470. The lowest BCUT2D eigenvalue weighted by Gasteiger charge is -2.13. The number of aromatic nitrogens is 4. The van der Waals surface area contributed by atoms with E-state index in [2.05, 4.69) is 63.9 Å². The minimum atomic E-state index is 0.352. The van der Waals surface area contributed by atoms with Crippen LogP contribution in [0, 0.1) is 11.8 Å². The fraction of sp³-hybridized carbons (Fsp3) is 0.438. The summed E-state index contributed by atoms with van der Waals surface area (Å²) in [4.78, 5) is 16.7. The van der Waals surface area contributed by atoms with E-state index in [9.17, 15) is 0 Å². The normalized spacial score (nSPS) is 27.6. The predicted molar refractivity (Wildman–Crippen MR) is 151 cm³/mol. The summed E-state index contributed by atoms with van der Waals surface area (Å²) in [7, 11) is 0. The Hall–Kier alpha value is -3.22. The summed E-state index contributed by atoms with van der Waals surface area (Å²) in [5.41, 5.74) is 10.4. The number of nitrogens with zero attached hydrogens (tertiary/aromatic N) is 2. The van der Waals surface area contributed by atoms with E-state index >= 15 is 0 Å². The number of piperidine rings is 1. The highest BCUT2D eigenvalue weighted by atomic mass is 15.1. The molecule has 8 rings (SSSR count). The maximum absolute atomic E-state index is 4.79. The van der Waals surface area contributed by atoms with E-state index in [1.54, 1.807) is 0 Å². The summed E-state index contributed by atoms with van der Waals surface area (Å²) < 4.78 is 0. The highest BCUT2D eigenvalue weighted by Gasteiger charge is 2.46. The van der Waals surface area contributed by atoms with E-state index in [0.717, 1.165) is 60.3 Å². The summed E-state index contributed by atoms with van der Waals surface area (Å²) in [5.74, 6) is 3.80. The van der Waals surface area contributed by atoms with Crippen molar-refractivity contribution in [2.45, 2.75) is 70.0 Å². The lowest BCUT2D eigenvalue weighted by Crippen LogP contribution is -2.18. The topological polar surface area (TPSA) is 81.4 Å². The SMILES string of the molecule is CC[C@H]1CN[C@H](c2ncc(-c3ccc(-c4ccc(-c5cnc([C@@H]6CC7C[C@H]7N6)[nH]5)cc4)c4c3CCC4)[nH]2)C1. The Labute approximate surface area is 224 Å². The van der Waals surface area contributed by atoms with Crippen molar-refractivity contribution in [1.82, 2.24) is 30.6 Å². The third-order valence-electron chi connectivity index (χ3n) is 9.61. The van der Waals surface area contributed by atoms with Crippen LogP contribution in [-0.2, 0) is 12.8 Å². The second-order valence-corrected chi connectivity index (χ2v) is 11.9. The molecule has 1 saturated carbocycles. The van der Waals surface area contributed by atoms with Crippen LogP contribution in [0.4, 0.5) is 0 Å². The second kappa shape index (κ2) is 8.92. The molecule has 0 radical (unpaired) electrons. The molecule has 38 heavy (non-hydrogen) atoms. The standard InChI is InChI=1S/C32H36N6/c1-2-18-12-27(33-15-18)31-35-17-30(38-31)25-11-10-22(23-4-3-5-24(23)25)19-6-8-20(9-7-19)29-16-34-32(37-29)28-14-21-13-26(21)36-28/h6-11,16-18,21,26-28,33,36H,2-5,12-15H2,1H3,(H,34,37)(H,35,38)/t18-,21?,26-,27+,28+/m1/s1. The first-order chi connectivity index (χ1) is 18.7. The maximum atomic E-state index is 4.79. The molecule has 5 atom stereocenters. The monoisotopic (exact) mass is 504 g/mol. The van der Waals surface area contributed by atoms with Crippen LogP contribution >= 0.6 is 0 Å². The van der Waals surface area contributed by atoms with Crippen molar-refractivity contribution in [3.63, 3.8) is 0 Å². The molecule has 0 spiro atoms. The van der Waals surface area contributed by atoms with Crippen LogP contribution in [-0.4, -0.2) is 32.5 Å². The van der Waals surface area contributed by atoms with E-state index in [1.165, 1.54) is 65.5 Å². The third-order valence-corrected chi connectivity index (χ3v) is 9.61. The van der Waals surface area contributed by atoms with Crippen LogP contribution < -0.4 is 10.6 Å². The van der Waals surface area contributed by atoms with Crippen molar-refractivity contribution in [2.75, 3.05) is 6.54 Å². The molecule has 4 heterocycles. The van der Waals surface area contributed by atoms with Crippen molar-refractivity contribution in [3.8, 4) is 33.6 Å². The number of fused-ring (bicyclic) bond motifs is 2. The van der Waals surface area contributed by atoms with E-state index in [-0.39, 0.29) is 0 Å². The van der Waals surface area contributed by atoms with E-state index < -0.39 is 0 Å². The van der Waals surface area contributed by atoms with Crippen LogP contribution in [0.3, 0.4) is 0 Å². The van der Waals surface area contributed by atoms with Gasteiger partial charge in [0, 0.05) is 11.6 Å². The van der Waals surface area contributed by atoms with Crippen LogP contribution in [0.25, 0.3) is 33.6 Å². The average molecular weight is 505 g/mol. The predicted octanol–water partition coefficient (Wildman–Crippen LogP) is 6.11. The van der Waals surface area contributed by atoms with Gasteiger partial charge in [0.25, 0.3) is 0 Å². The quantitative estimate of drug-likeness (QED) is 0.256. The van der Waals surface area contributed by atoms with Crippen LogP contribution in [0.5, 0.6) is 0 Å². The molecule has 4 aromatic rings. The summed E-state index contributed by atoms with van der Waals surface area (Å²) in [6, 6.07) is 15.1. The lowest BCUT2D eigenvalue weighted by atomic mass is 9.92. The van der Waals surface area contributed by atoms with Gasteiger partial charge >= 0.3 is 0 Å². The first kappa shape index (κ1) is 22.7. The summed E-state index contributed by atoms with van der Waals surface area (Å²) >= 11 is 0. The summed E-state index contributed by atoms with van der Waals surface area (Å²) in [6.45, 7) is 3.38. The number of rotatable bonds is 6. The van der Waals surface area contributed by atoms with Gasteiger partial charge in [-0.25, -0.2) is 9.97 Å². The van der Waals surface area contributed by atoms with E-state index in [4.69, 9.17) is 9.97 Å². The molecule has 1 unspecified atom stereocenters. The summed E-state index contributed by atoms with van der Waals surface area (Å²) in [5, 5.41) is 7.35. The number of hydrogen-bond acceptors (Lipinski definition) is 4. The minimum absolute atomic E-state index is 0.352. The largest absolute Gasteiger partial charge is 0.341 e. The molecule has 3 fully saturated rings. The number of nitrogens with one attached hydrogen (secondary N) is 4. The van der Waals surface area contributed by atoms with E-state index in [0.29, 0.717) is 12.1 Å². The molecule has 6 heteroatoms. The van der Waals surface area contributed by atoms with Gasteiger partial charge in [0.05, 0.1) is 35.9 Å². The smallest absolute Gasteiger partial charge is 0.123 e. The number of aromatic amines is 2. The van der Waals surface area contributed by atoms with Crippen LogP contribution in [0.2, 0.25) is 0 Å². The average Bonchev–Trinajstić information content (AvgIpc) is 3.64. The van der Waals surface area contributed by atoms with Crippen LogP contribution in [0.1, 0.15) is 73.9 Å². The Balaban J connectivity index is 1.04. The highest BCUT2D eigenvalue weighted by Crippen LogP contribution is 2.45. The van der Waals surface area contributed by atoms with Gasteiger partial charge in [0.2, 0.25) is 0 Å². The molecule has 2 aliphatic carbocycles. The van der Waals surface area contributed by atoms with Crippen molar-refractivity contribution in [3.05, 3.63) is 71.6 Å². The van der Waals surface area contributed by atoms with Gasteiger partial charge in [-0.15, -0.1) is 0 Å². The van der Waals surface area contributed by atoms with Crippen molar-refractivity contribution in [1.29, 1.82) is 0 Å². The molecule has 6 nitrogen and oxygen atoms in total. The lowest BCUT2D eigenvalue weighted by molar-refractivity contribution is 0.538. The van der Waals surface area contributed by atoms with Gasteiger partial charge in [-0.2, -0.15) is 0 Å². The molecule has 0 amide bonds. The Morgan fingerprint density at radius 3 is 2.24 bits per heavy atom. The van der Waals surface area contributed by atoms with Crippen LogP contribution in [0.15, 0.2) is 48.8 Å². The zero-order valence-electron chi connectivity index (χ0n) is 22.1. The number of benzene rings is 2. The number of H-pyrrole nitrogens is 2. The molecule has 2 aliphatic heterocycles. The Kier molecular flexibility index (Phi) is 5.34. The van der Waals surface area contributed by atoms with E-state index in [1.807, 2.05) is 12.4 Å². The van der Waals surface area contributed by atoms with Gasteiger partial charge in [-0.3, -0.25) is 0 Å². The summed E-state index contributed by atoms with van der Waals surface area (Å²) in [6.07, 6.45) is 12.5. The molecule has 4 aliphatic rings. The molecule has 2 saturated heterocycles. The molecule has 2 aromatic carbocycles. The maximum Gasteiger partial charge on any atom is 0.123 e. The molecular weight excluding hydrogens is 468 g/mol. The fourth-order valence-corrected chi connectivity index (χ4v) is 7.23. The minimum Gasteiger partial charge on any atom is -0.341 e. The highest BCUT2D eigenvalue weighted by molar-refractivity contribution is 5.78. The first-order valence-electron chi connectivity index (χ1n) is 14.6. The fourth-order valence-electron chi connectivity index (χ4n) is 7.23. The molecule has 2 aromatic heterocycles. The first-order valence-corrected chi connectivity index (χ1v) is 14.6. The zero-order valence-corrected chi connectivity index (χ0v) is 22.1. The third kappa shape index (κ3) is 3.85. The second-order valence-electron chi connectivity index (χ2n) is 11.9. The van der Waals surface area contributed by atoms with Gasteiger partial charge in [-0.05, 0) is 84.7 Å². The van der Waals surface area contributed by atoms with Gasteiger partial charge in [-0.1, -0.05) is 49.7 Å². The van der Waals surface area contributed by atoms with Gasteiger partial charge < -0.3 is 20.6 Å². The number of imidazole rings is 2. The van der Waals surface area contributed by atoms with Gasteiger partial charge in [0.1, 0.15) is 11.6 Å².